The summed E-state index contributed by atoms with van der Waals surface area (Å²) in [4.78, 5) is 1.60. The van der Waals surface area contributed by atoms with Gasteiger partial charge in [0.05, 0.1) is 0 Å². The van der Waals surface area contributed by atoms with Crippen molar-refractivity contribution in [2.24, 2.45) is 5.92 Å². The van der Waals surface area contributed by atoms with Crippen molar-refractivity contribution in [3.8, 4) is 0 Å². The van der Waals surface area contributed by atoms with E-state index in [-0.39, 0.29) is 0 Å². The van der Waals surface area contributed by atoms with Gasteiger partial charge in [0.1, 0.15) is 0 Å². The maximum Gasteiger partial charge on any atom is 0.0345 e. The van der Waals surface area contributed by atoms with Gasteiger partial charge in [-0.3, -0.25) is 0 Å². The van der Waals surface area contributed by atoms with E-state index in [1.54, 1.807) is 4.88 Å². The first-order valence-electron chi connectivity index (χ1n) is 5.33. The summed E-state index contributed by atoms with van der Waals surface area (Å²) in [5.41, 5.74) is 0. The molecular weight excluding hydrogens is 188 g/mol. The summed E-state index contributed by atoms with van der Waals surface area (Å²) in [6.07, 6.45) is 2.81. The SMILES string of the molecule is CC1CCC1c1cc2ccccc2s1. The second-order valence-electron chi connectivity index (χ2n) is 4.35. The van der Waals surface area contributed by atoms with Crippen LogP contribution < -0.4 is 0 Å². The Morgan fingerprint density at radius 1 is 1.21 bits per heavy atom. The Kier molecular flexibility index (Phi) is 1.88. The van der Waals surface area contributed by atoms with Gasteiger partial charge in [-0.15, -0.1) is 11.3 Å². The number of rotatable bonds is 1. The lowest BCUT2D eigenvalue weighted by Crippen LogP contribution is -2.19. The molecule has 1 heteroatoms. The van der Waals surface area contributed by atoms with Crippen LogP contribution in [0.3, 0.4) is 0 Å². The molecule has 1 heterocycles. The maximum atomic E-state index is 2.39. The number of benzene rings is 1. The maximum absolute atomic E-state index is 2.39. The zero-order chi connectivity index (χ0) is 9.54. The van der Waals surface area contributed by atoms with Gasteiger partial charge in [0.25, 0.3) is 0 Å². The molecule has 0 N–H and O–H groups in total. The third kappa shape index (κ3) is 1.19. The third-order valence-corrected chi connectivity index (χ3v) is 4.68. The summed E-state index contributed by atoms with van der Waals surface area (Å²) in [6, 6.07) is 11.1. The van der Waals surface area contributed by atoms with Gasteiger partial charge >= 0.3 is 0 Å². The highest BCUT2D eigenvalue weighted by molar-refractivity contribution is 7.19. The molecule has 0 radical (unpaired) electrons. The van der Waals surface area contributed by atoms with Gasteiger partial charge in [0.15, 0.2) is 0 Å². The average Bonchev–Trinajstić information content (AvgIpc) is 2.58. The molecule has 0 bridgehead atoms. The molecule has 2 aromatic rings. The zero-order valence-electron chi connectivity index (χ0n) is 8.36. The van der Waals surface area contributed by atoms with Crippen molar-refractivity contribution in [2.75, 3.05) is 0 Å². The Bertz CT molecular complexity index is 422. The highest BCUT2D eigenvalue weighted by Gasteiger charge is 2.29. The van der Waals surface area contributed by atoms with E-state index in [2.05, 4.69) is 37.3 Å². The van der Waals surface area contributed by atoms with E-state index in [1.165, 1.54) is 22.9 Å². The van der Waals surface area contributed by atoms with Crippen LogP contribution in [0, 0.1) is 5.92 Å². The first kappa shape index (κ1) is 8.49. The lowest BCUT2D eigenvalue weighted by molar-refractivity contribution is 0.284. The van der Waals surface area contributed by atoms with Crippen molar-refractivity contribution >= 4 is 21.4 Å². The van der Waals surface area contributed by atoms with Crippen LogP contribution in [0.2, 0.25) is 0 Å². The molecule has 0 nitrogen and oxygen atoms in total. The Labute approximate surface area is 88.6 Å². The number of hydrogen-bond donors (Lipinski definition) is 0. The first-order chi connectivity index (χ1) is 6.84. The molecule has 1 fully saturated rings. The third-order valence-electron chi connectivity index (χ3n) is 3.43. The van der Waals surface area contributed by atoms with Crippen LogP contribution in [0.4, 0.5) is 0 Å². The minimum absolute atomic E-state index is 0.854. The Hall–Kier alpha value is -0.820. The lowest BCUT2D eigenvalue weighted by Gasteiger charge is -2.32. The van der Waals surface area contributed by atoms with Gasteiger partial charge in [-0.1, -0.05) is 25.1 Å². The van der Waals surface area contributed by atoms with Crippen molar-refractivity contribution in [1.29, 1.82) is 0 Å². The van der Waals surface area contributed by atoms with Gasteiger partial charge in [-0.05, 0) is 42.2 Å². The van der Waals surface area contributed by atoms with Crippen LogP contribution in [0.25, 0.3) is 10.1 Å². The Morgan fingerprint density at radius 3 is 2.71 bits per heavy atom. The molecule has 2 unspecified atom stereocenters. The van der Waals surface area contributed by atoms with Crippen molar-refractivity contribution in [2.45, 2.75) is 25.7 Å². The highest BCUT2D eigenvalue weighted by atomic mass is 32.1. The predicted molar refractivity (Wildman–Crippen MR) is 63.0 cm³/mol. The van der Waals surface area contributed by atoms with Crippen molar-refractivity contribution < 1.29 is 0 Å². The molecule has 3 rings (SSSR count). The van der Waals surface area contributed by atoms with Crippen LogP contribution in [-0.4, -0.2) is 0 Å². The van der Waals surface area contributed by atoms with Crippen LogP contribution >= 0.6 is 11.3 Å². The summed E-state index contributed by atoms with van der Waals surface area (Å²) in [5, 5.41) is 1.42. The Morgan fingerprint density at radius 2 is 2.07 bits per heavy atom. The normalized spacial score (nSPS) is 26.4. The second kappa shape index (κ2) is 3.09. The molecule has 1 aromatic carbocycles. The van der Waals surface area contributed by atoms with E-state index < -0.39 is 0 Å². The first-order valence-corrected chi connectivity index (χ1v) is 6.15. The molecule has 1 saturated carbocycles. The highest BCUT2D eigenvalue weighted by Crippen LogP contribution is 2.45. The van der Waals surface area contributed by atoms with Crippen LogP contribution in [0.5, 0.6) is 0 Å². The van der Waals surface area contributed by atoms with Gasteiger partial charge in [-0.25, -0.2) is 0 Å². The molecule has 1 aliphatic rings. The minimum atomic E-state index is 0.854. The molecule has 0 spiro atoms. The van der Waals surface area contributed by atoms with Crippen molar-refractivity contribution in [3.63, 3.8) is 0 Å². The molecule has 0 aliphatic heterocycles. The summed E-state index contributed by atoms with van der Waals surface area (Å²) < 4.78 is 1.45. The van der Waals surface area contributed by atoms with Gasteiger partial charge in [0, 0.05) is 9.58 Å². The largest absolute Gasteiger partial charge is 0.140 e. The smallest absolute Gasteiger partial charge is 0.0345 e. The van der Waals surface area contributed by atoms with E-state index in [0.29, 0.717) is 0 Å². The predicted octanol–water partition coefficient (Wildman–Crippen LogP) is 4.41. The topological polar surface area (TPSA) is 0 Å². The summed E-state index contributed by atoms with van der Waals surface area (Å²) in [7, 11) is 0. The number of thiophene rings is 1. The van der Waals surface area contributed by atoms with Gasteiger partial charge in [-0.2, -0.15) is 0 Å². The van der Waals surface area contributed by atoms with Gasteiger partial charge in [0.2, 0.25) is 0 Å². The fraction of sp³-hybridized carbons (Fsp3) is 0.385. The van der Waals surface area contributed by atoms with Crippen molar-refractivity contribution in [1.82, 2.24) is 0 Å². The molecule has 0 amide bonds. The molecule has 72 valence electrons. The number of hydrogen-bond acceptors (Lipinski definition) is 1. The summed E-state index contributed by atoms with van der Waals surface area (Å²) in [5.74, 6) is 1.76. The van der Waals surface area contributed by atoms with Crippen LogP contribution in [-0.2, 0) is 0 Å². The molecule has 1 aromatic heterocycles. The van der Waals surface area contributed by atoms with Crippen LogP contribution in [0.1, 0.15) is 30.6 Å². The van der Waals surface area contributed by atoms with E-state index in [9.17, 15) is 0 Å². The molecule has 1 aliphatic carbocycles. The average molecular weight is 202 g/mol. The number of fused-ring (bicyclic) bond motifs is 1. The van der Waals surface area contributed by atoms with E-state index >= 15 is 0 Å². The fourth-order valence-electron chi connectivity index (χ4n) is 2.27. The summed E-state index contributed by atoms with van der Waals surface area (Å²) >= 11 is 1.98. The van der Waals surface area contributed by atoms with Gasteiger partial charge < -0.3 is 0 Å². The van der Waals surface area contributed by atoms with E-state index in [4.69, 9.17) is 0 Å². The summed E-state index contributed by atoms with van der Waals surface area (Å²) in [6.45, 7) is 2.37. The zero-order valence-corrected chi connectivity index (χ0v) is 9.18. The molecule has 0 saturated heterocycles. The van der Waals surface area contributed by atoms with E-state index in [0.717, 1.165) is 11.8 Å². The second-order valence-corrected chi connectivity index (χ2v) is 5.46. The standard InChI is InChI=1S/C13H14S/c1-9-6-7-11(9)13-8-10-4-2-3-5-12(10)14-13/h2-5,8-9,11H,6-7H2,1H3. The molecule has 14 heavy (non-hydrogen) atoms. The van der Waals surface area contributed by atoms with E-state index in [1.807, 2.05) is 11.3 Å². The quantitative estimate of drug-likeness (QED) is 0.642. The molecule has 2 atom stereocenters. The fourth-order valence-corrected chi connectivity index (χ4v) is 3.61. The molecular formula is C13H14S. The lowest BCUT2D eigenvalue weighted by atomic mass is 9.74. The van der Waals surface area contributed by atoms with Crippen molar-refractivity contribution in [3.05, 3.63) is 35.2 Å². The monoisotopic (exact) mass is 202 g/mol. The minimum Gasteiger partial charge on any atom is -0.140 e. The Balaban J connectivity index is 2.06. The van der Waals surface area contributed by atoms with Crippen LogP contribution in [0.15, 0.2) is 30.3 Å².